The lowest BCUT2D eigenvalue weighted by atomic mass is 10.2. The van der Waals surface area contributed by atoms with Crippen molar-refractivity contribution in [1.82, 2.24) is 19.9 Å². The van der Waals surface area contributed by atoms with E-state index in [9.17, 15) is 0 Å². The quantitative estimate of drug-likeness (QED) is 0.434. The predicted octanol–water partition coefficient (Wildman–Crippen LogP) is 4.67. The lowest BCUT2D eigenvalue weighted by molar-refractivity contribution is 0.766. The maximum Gasteiger partial charge on any atom is 0.232 e. The Morgan fingerprint density at radius 2 is 1.56 bits per heavy atom. The molecule has 0 atom stereocenters. The summed E-state index contributed by atoms with van der Waals surface area (Å²) in [7, 11) is 0. The van der Waals surface area contributed by atoms with Gasteiger partial charge in [0.15, 0.2) is 0 Å². The van der Waals surface area contributed by atoms with E-state index in [4.69, 9.17) is 5.73 Å². The minimum atomic E-state index is 0.171. The number of nitrogens with two attached hydrogens (primary N) is 1. The Morgan fingerprint density at radius 3 is 2.26 bits per heavy atom. The molecule has 0 saturated carbocycles. The monoisotopic (exact) mass is 377 g/mol. The van der Waals surface area contributed by atoms with Crippen molar-refractivity contribution in [3.63, 3.8) is 0 Å². The summed E-state index contributed by atoms with van der Waals surface area (Å²) in [4.78, 5) is 17.9. The van der Waals surface area contributed by atoms with Gasteiger partial charge in [-0.3, -0.25) is 0 Å². The van der Waals surface area contributed by atoms with Crippen molar-refractivity contribution in [2.24, 2.45) is 0 Å². The van der Waals surface area contributed by atoms with Gasteiger partial charge in [0.1, 0.15) is 5.82 Å². The maximum absolute atomic E-state index is 5.74. The molecule has 8 heteroatoms. The van der Waals surface area contributed by atoms with Gasteiger partial charge in [-0.25, -0.2) is 4.98 Å². The largest absolute Gasteiger partial charge is 0.399 e. The number of hydrogen-bond donors (Lipinski definition) is 3. The molecule has 2 heterocycles. The van der Waals surface area contributed by atoms with E-state index in [0.717, 1.165) is 21.6 Å². The van der Waals surface area contributed by atoms with Gasteiger partial charge in [0.2, 0.25) is 11.9 Å². The molecule has 4 aromatic rings. The zero-order chi connectivity index (χ0) is 18.8. The van der Waals surface area contributed by atoms with Crippen LogP contribution in [0.3, 0.4) is 0 Å². The lowest BCUT2D eigenvalue weighted by Gasteiger charge is -2.12. The van der Waals surface area contributed by atoms with Crippen molar-refractivity contribution in [2.75, 3.05) is 16.4 Å². The highest BCUT2D eigenvalue weighted by Crippen LogP contribution is 2.25. The van der Waals surface area contributed by atoms with Crippen molar-refractivity contribution < 1.29 is 0 Å². The molecule has 0 saturated heterocycles. The van der Waals surface area contributed by atoms with Crippen LogP contribution in [0, 0.1) is 0 Å². The Hall–Kier alpha value is -3.26. The first-order valence-corrected chi connectivity index (χ1v) is 9.43. The molecule has 27 heavy (non-hydrogen) atoms. The number of benzene rings is 2. The number of aromatic nitrogens is 4. The fourth-order valence-electron chi connectivity index (χ4n) is 2.52. The maximum atomic E-state index is 5.74. The first kappa shape index (κ1) is 17.2. The van der Waals surface area contributed by atoms with Crippen LogP contribution in [0.5, 0.6) is 0 Å². The fourth-order valence-corrected chi connectivity index (χ4v) is 3.24. The van der Waals surface area contributed by atoms with Crippen LogP contribution in [-0.4, -0.2) is 19.9 Å². The molecule has 136 valence electrons. The Kier molecular flexibility index (Phi) is 4.55. The van der Waals surface area contributed by atoms with Crippen molar-refractivity contribution in [1.29, 1.82) is 0 Å². The molecular weight excluding hydrogens is 358 g/mol. The lowest BCUT2D eigenvalue weighted by Crippen LogP contribution is -2.08. The highest BCUT2D eigenvalue weighted by molar-refractivity contribution is 7.16. The molecule has 2 aromatic heterocycles. The zero-order valence-corrected chi connectivity index (χ0v) is 15.8. The zero-order valence-electron chi connectivity index (χ0n) is 15.0. The number of thiazole rings is 1. The van der Waals surface area contributed by atoms with Crippen LogP contribution in [0.2, 0.25) is 0 Å². The van der Waals surface area contributed by atoms with Gasteiger partial charge >= 0.3 is 0 Å². The van der Waals surface area contributed by atoms with Gasteiger partial charge in [-0.15, -0.1) is 11.3 Å². The van der Waals surface area contributed by atoms with E-state index in [1.165, 1.54) is 0 Å². The molecular formula is C19H19N7S. The molecule has 4 N–H and O–H groups in total. The molecule has 0 aliphatic heterocycles. The molecule has 2 aromatic carbocycles. The van der Waals surface area contributed by atoms with Crippen molar-refractivity contribution in [2.45, 2.75) is 19.8 Å². The van der Waals surface area contributed by atoms with Crippen LogP contribution in [0.25, 0.3) is 10.2 Å². The van der Waals surface area contributed by atoms with Gasteiger partial charge in [-0.05, 0) is 42.5 Å². The third-order valence-electron chi connectivity index (χ3n) is 3.92. The topological polar surface area (TPSA) is 102 Å². The van der Waals surface area contributed by atoms with Gasteiger partial charge in [0, 0.05) is 23.0 Å². The molecule has 0 bridgehead atoms. The molecule has 7 nitrogen and oxygen atoms in total. The summed E-state index contributed by atoms with van der Waals surface area (Å²) in [5, 5.41) is 6.49. The van der Waals surface area contributed by atoms with Crippen LogP contribution < -0.4 is 16.4 Å². The Labute approximate surface area is 160 Å². The number of nitrogens with zero attached hydrogens (tertiary/aromatic N) is 4. The summed E-state index contributed by atoms with van der Waals surface area (Å²) >= 11 is 1.60. The van der Waals surface area contributed by atoms with E-state index in [0.29, 0.717) is 23.4 Å². The Balaban J connectivity index is 1.64. The number of hydrogen-bond acceptors (Lipinski definition) is 8. The van der Waals surface area contributed by atoms with E-state index in [1.54, 1.807) is 11.3 Å². The van der Waals surface area contributed by atoms with E-state index >= 15 is 0 Å². The van der Waals surface area contributed by atoms with Crippen LogP contribution in [-0.2, 0) is 0 Å². The molecule has 0 aliphatic carbocycles. The molecule has 4 rings (SSSR count). The summed E-state index contributed by atoms with van der Waals surface area (Å²) in [6.07, 6.45) is 0. The average Bonchev–Trinajstić information content (AvgIpc) is 3.11. The molecule has 0 unspecified atom stereocenters. The van der Waals surface area contributed by atoms with Gasteiger partial charge in [-0.1, -0.05) is 13.8 Å². The van der Waals surface area contributed by atoms with Gasteiger partial charge < -0.3 is 16.4 Å². The summed E-state index contributed by atoms with van der Waals surface area (Å²) in [6, 6.07) is 13.4. The van der Waals surface area contributed by atoms with Crippen LogP contribution in [0.4, 0.5) is 29.0 Å². The number of anilines is 5. The first-order chi connectivity index (χ1) is 13.1. The van der Waals surface area contributed by atoms with Gasteiger partial charge in [0.25, 0.3) is 0 Å². The number of nitrogens with one attached hydrogen (secondary N) is 2. The van der Waals surface area contributed by atoms with Crippen LogP contribution >= 0.6 is 11.3 Å². The van der Waals surface area contributed by atoms with Gasteiger partial charge in [-0.2, -0.15) is 15.0 Å². The first-order valence-electron chi connectivity index (χ1n) is 8.55. The Bertz CT molecular complexity index is 1070. The van der Waals surface area contributed by atoms with Crippen molar-refractivity contribution >= 4 is 50.5 Å². The molecule has 0 spiro atoms. The second-order valence-electron chi connectivity index (χ2n) is 6.40. The predicted molar refractivity (Wildman–Crippen MR) is 111 cm³/mol. The minimum absolute atomic E-state index is 0.171. The fraction of sp³-hybridized carbons (Fsp3) is 0.158. The van der Waals surface area contributed by atoms with Crippen molar-refractivity contribution in [3.8, 4) is 0 Å². The Morgan fingerprint density at radius 1 is 0.889 bits per heavy atom. The third-order valence-corrected chi connectivity index (χ3v) is 4.72. The summed E-state index contributed by atoms with van der Waals surface area (Å²) in [5.74, 6) is 1.86. The summed E-state index contributed by atoms with van der Waals surface area (Å²) in [6.45, 7) is 4.10. The van der Waals surface area contributed by atoms with E-state index in [2.05, 4.69) is 44.4 Å². The number of nitrogen functional groups attached to an aromatic ring is 1. The molecule has 0 amide bonds. The van der Waals surface area contributed by atoms with E-state index < -0.39 is 0 Å². The average molecular weight is 377 g/mol. The van der Waals surface area contributed by atoms with Crippen LogP contribution in [0.15, 0.2) is 48.0 Å². The van der Waals surface area contributed by atoms with Crippen LogP contribution in [0.1, 0.15) is 25.6 Å². The second kappa shape index (κ2) is 7.16. The standard InChI is InChI=1S/C19H19N7S/c1-11(2)17-24-18(22-13-5-3-12(20)4-6-13)26-19(25-17)23-14-7-8-15-16(9-14)27-10-21-15/h3-11H,20H2,1-2H3,(H2,22,23,24,25,26). The second-order valence-corrected chi connectivity index (χ2v) is 7.29. The van der Waals surface area contributed by atoms with E-state index in [-0.39, 0.29) is 5.92 Å². The third kappa shape index (κ3) is 3.95. The SMILES string of the molecule is CC(C)c1nc(Nc2ccc(N)cc2)nc(Nc2ccc3ncsc3c2)n1. The highest BCUT2D eigenvalue weighted by Gasteiger charge is 2.11. The molecule has 0 fully saturated rings. The summed E-state index contributed by atoms with van der Waals surface area (Å²) < 4.78 is 1.11. The molecule has 0 aliphatic rings. The highest BCUT2D eigenvalue weighted by atomic mass is 32.1. The van der Waals surface area contributed by atoms with Crippen molar-refractivity contribution in [3.05, 3.63) is 53.8 Å². The van der Waals surface area contributed by atoms with Gasteiger partial charge in [0.05, 0.1) is 15.7 Å². The molecule has 0 radical (unpaired) electrons. The van der Waals surface area contributed by atoms with E-state index in [1.807, 2.05) is 48.0 Å². The number of rotatable bonds is 5. The smallest absolute Gasteiger partial charge is 0.232 e. The normalized spacial score (nSPS) is 11.1. The number of fused-ring (bicyclic) bond motifs is 1. The minimum Gasteiger partial charge on any atom is -0.399 e. The summed E-state index contributed by atoms with van der Waals surface area (Å²) in [5.41, 5.74) is 11.0.